The summed E-state index contributed by atoms with van der Waals surface area (Å²) in [6.45, 7) is 1.03. The predicted octanol–water partition coefficient (Wildman–Crippen LogP) is 1.61. The Labute approximate surface area is 118 Å². The fourth-order valence-corrected chi connectivity index (χ4v) is 2.89. The van der Waals surface area contributed by atoms with Crippen molar-refractivity contribution in [2.24, 2.45) is 0 Å². The molecule has 2 aliphatic rings. The molecule has 0 bridgehead atoms. The largest absolute Gasteiger partial charge is 0.474 e. The van der Waals surface area contributed by atoms with Gasteiger partial charge in [0.1, 0.15) is 6.10 Å². The zero-order valence-electron chi connectivity index (χ0n) is 11.5. The maximum Gasteiger partial charge on any atom is 0.254 e. The maximum absolute atomic E-state index is 12.3. The van der Waals surface area contributed by atoms with Crippen LogP contribution in [0.4, 0.5) is 0 Å². The number of aliphatic hydroxyl groups is 1. The first-order valence-corrected chi connectivity index (χ1v) is 7.32. The van der Waals surface area contributed by atoms with Crippen molar-refractivity contribution in [3.63, 3.8) is 0 Å². The van der Waals surface area contributed by atoms with E-state index in [0.717, 1.165) is 12.8 Å². The van der Waals surface area contributed by atoms with E-state index in [1.807, 2.05) is 0 Å². The second-order valence-electron chi connectivity index (χ2n) is 5.60. The van der Waals surface area contributed by atoms with Crippen molar-refractivity contribution in [1.82, 2.24) is 9.88 Å². The van der Waals surface area contributed by atoms with E-state index in [4.69, 9.17) is 4.74 Å². The summed E-state index contributed by atoms with van der Waals surface area (Å²) in [6, 6.07) is 3.42. The number of ether oxygens (including phenoxy) is 1. The number of rotatable bonds is 3. The van der Waals surface area contributed by atoms with Gasteiger partial charge in [-0.1, -0.05) is 0 Å². The molecule has 5 nitrogen and oxygen atoms in total. The van der Waals surface area contributed by atoms with Crippen LogP contribution in [0.15, 0.2) is 18.3 Å². The average Bonchev–Trinajstić information content (AvgIpc) is 3.10. The molecular weight excluding hydrogens is 256 g/mol. The molecule has 1 aromatic heterocycles. The van der Waals surface area contributed by atoms with E-state index in [1.165, 1.54) is 12.8 Å². The van der Waals surface area contributed by atoms with Gasteiger partial charge in [0.05, 0.1) is 6.10 Å². The Kier molecular flexibility index (Phi) is 3.87. The summed E-state index contributed by atoms with van der Waals surface area (Å²) in [6.07, 6.45) is 6.66. The topological polar surface area (TPSA) is 62.7 Å². The first-order valence-electron chi connectivity index (χ1n) is 7.32. The molecule has 1 amide bonds. The number of aromatic nitrogens is 1. The van der Waals surface area contributed by atoms with Gasteiger partial charge in [-0.25, -0.2) is 4.98 Å². The van der Waals surface area contributed by atoms with Crippen molar-refractivity contribution in [3.8, 4) is 5.88 Å². The lowest BCUT2D eigenvalue weighted by atomic mass is 10.2. The third-order valence-electron chi connectivity index (χ3n) is 4.02. The molecule has 108 valence electrons. The number of pyridine rings is 1. The monoisotopic (exact) mass is 276 g/mol. The molecule has 0 spiro atoms. The zero-order valence-corrected chi connectivity index (χ0v) is 11.5. The molecule has 1 aliphatic carbocycles. The minimum absolute atomic E-state index is 0.0554. The standard InChI is InChI=1S/C15H20N2O3/c18-12-6-8-17(10-12)15(19)11-5-7-16-14(9-11)20-13-3-1-2-4-13/h5,7,9,12-13,18H,1-4,6,8,10H2. The van der Waals surface area contributed by atoms with Crippen molar-refractivity contribution in [1.29, 1.82) is 0 Å². The highest BCUT2D eigenvalue weighted by Crippen LogP contribution is 2.23. The fraction of sp³-hybridized carbons (Fsp3) is 0.600. The summed E-state index contributed by atoms with van der Waals surface area (Å²) >= 11 is 0. The Bertz CT molecular complexity index is 486. The molecule has 1 aliphatic heterocycles. The molecule has 1 aromatic rings. The quantitative estimate of drug-likeness (QED) is 0.911. The van der Waals surface area contributed by atoms with Crippen LogP contribution in [0.1, 0.15) is 42.5 Å². The van der Waals surface area contributed by atoms with Gasteiger partial charge in [-0.05, 0) is 38.2 Å². The van der Waals surface area contributed by atoms with Crippen LogP contribution in [-0.4, -0.2) is 46.2 Å². The molecule has 20 heavy (non-hydrogen) atoms. The number of hydrogen-bond donors (Lipinski definition) is 1. The number of aliphatic hydroxyl groups excluding tert-OH is 1. The maximum atomic E-state index is 12.3. The summed E-state index contributed by atoms with van der Waals surface area (Å²) < 4.78 is 5.82. The Balaban J connectivity index is 1.68. The van der Waals surface area contributed by atoms with E-state index < -0.39 is 6.10 Å². The molecule has 0 radical (unpaired) electrons. The molecule has 0 aromatic carbocycles. The molecular formula is C15H20N2O3. The first kappa shape index (κ1) is 13.4. The van der Waals surface area contributed by atoms with Gasteiger partial charge in [0.25, 0.3) is 5.91 Å². The van der Waals surface area contributed by atoms with Gasteiger partial charge in [-0.3, -0.25) is 4.79 Å². The van der Waals surface area contributed by atoms with Crippen molar-refractivity contribution < 1.29 is 14.6 Å². The Morgan fingerprint density at radius 3 is 2.85 bits per heavy atom. The number of amides is 1. The lowest BCUT2D eigenvalue weighted by molar-refractivity contribution is 0.0764. The summed E-state index contributed by atoms with van der Waals surface area (Å²) in [5.41, 5.74) is 0.585. The van der Waals surface area contributed by atoms with E-state index in [2.05, 4.69) is 4.98 Å². The van der Waals surface area contributed by atoms with Gasteiger partial charge in [0, 0.05) is 30.9 Å². The lowest BCUT2D eigenvalue weighted by Gasteiger charge is -2.16. The van der Waals surface area contributed by atoms with Crippen LogP contribution in [0, 0.1) is 0 Å². The Hall–Kier alpha value is -1.62. The van der Waals surface area contributed by atoms with Crippen LogP contribution in [-0.2, 0) is 0 Å². The number of nitrogens with zero attached hydrogens (tertiary/aromatic N) is 2. The van der Waals surface area contributed by atoms with E-state index in [1.54, 1.807) is 23.2 Å². The van der Waals surface area contributed by atoms with Crippen LogP contribution < -0.4 is 4.74 Å². The molecule has 1 saturated heterocycles. The summed E-state index contributed by atoms with van der Waals surface area (Å²) in [5, 5.41) is 9.51. The van der Waals surface area contributed by atoms with Crippen LogP contribution in [0.25, 0.3) is 0 Å². The van der Waals surface area contributed by atoms with Gasteiger partial charge < -0.3 is 14.7 Å². The van der Waals surface area contributed by atoms with Crippen molar-refractivity contribution in [2.45, 2.75) is 44.3 Å². The second-order valence-corrected chi connectivity index (χ2v) is 5.60. The highest BCUT2D eigenvalue weighted by atomic mass is 16.5. The summed E-state index contributed by atoms with van der Waals surface area (Å²) in [7, 11) is 0. The van der Waals surface area contributed by atoms with Gasteiger partial charge in [-0.15, -0.1) is 0 Å². The van der Waals surface area contributed by atoms with Gasteiger partial charge in [0.2, 0.25) is 5.88 Å². The van der Waals surface area contributed by atoms with Crippen LogP contribution >= 0.6 is 0 Å². The molecule has 1 unspecified atom stereocenters. The predicted molar refractivity (Wildman–Crippen MR) is 73.6 cm³/mol. The van der Waals surface area contributed by atoms with Crippen LogP contribution in [0.2, 0.25) is 0 Å². The third kappa shape index (κ3) is 2.93. The molecule has 2 fully saturated rings. The molecule has 5 heteroatoms. The molecule has 1 atom stereocenters. The smallest absolute Gasteiger partial charge is 0.254 e. The minimum atomic E-state index is -0.394. The molecule has 3 rings (SSSR count). The SMILES string of the molecule is O=C(c1ccnc(OC2CCCC2)c1)N1CCC(O)C1. The van der Waals surface area contributed by atoms with E-state index in [0.29, 0.717) is 31.0 Å². The highest BCUT2D eigenvalue weighted by molar-refractivity contribution is 5.94. The van der Waals surface area contributed by atoms with Gasteiger partial charge in [0.15, 0.2) is 0 Å². The van der Waals surface area contributed by atoms with E-state index >= 15 is 0 Å². The number of carbonyl (C=O) groups is 1. The molecule has 1 saturated carbocycles. The van der Waals surface area contributed by atoms with E-state index in [9.17, 15) is 9.90 Å². The van der Waals surface area contributed by atoms with Crippen molar-refractivity contribution in [3.05, 3.63) is 23.9 Å². The summed E-state index contributed by atoms with van der Waals surface area (Å²) in [5.74, 6) is 0.475. The number of carbonyl (C=O) groups excluding carboxylic acids is 1. The zero-order chi connectivity index (χ0) is 13.9. The summed E-state index contributed by atoms with van der Waals surface area (Å²) in [4.78, 5) is 18.2. The van der Waals surface area contributed by atoms with Gasteiger partial charge in [-0.2, -0.15) is 0 Å². The van der Waals surface area contributed by atoms with Crippen molar-refractivity contribution >= 4 is 5.91 Å². The first-order chi connectivity index (χ1) is 9.72. The van der Waals surface area contributed by atoms with Crippen LogP contribution in [0.5, 0.6) is 5.88 Å². The average molecular weight is 276 g/mol. The third-order valence-corrected chi connectivity index (χ3v) is 4.02. The van der Waals surface area contributed by atoms with Gasteiger partial charge >= 0.3 is 0 Å². The second kappa shape index (κ2) is 5.79. The molecule has 1 N–H and O–H groups in total. The number of β-amino-alcohol motifs (C(OH)–C–C–N with tert-alkyl or cyclic N) is 1. The Morgan fingerprint density at radius 2 is 2.15 bits per heavy atom. The Morgan fingerprint density at radius 1 is 1.35 bits per heavy atom. The van der Waals surface area contributed by atoms with E-state index in [-0.39, 0.29) is 12.0 Å². The normalized spacial score (nSPS) is 23.2. The number of likely N-dealkylation sites (tertiary alicyclic amines) is 1. The lowest BCUT2D eigenvalue weighted by Crippen LogP contribution is -2.29. The fourth-order valence-electron chi connectivity index (χ4n) is 2.89. The highest BCUT2D eigenvalue weighted by Gasteiger charge is 2.26. The molecule has 2 heterocycles. The van der Waals surface area contributed by atoms with Crippen molar-refractivity contribution in [2.75, 3.05) is 13.1 Å². The number of hydrogen-bond acceptors (Lipinski definition) is 4. The minimum Gasteiger partial charge on any atom is -0.474 e. The van der Waals surface area contributed by atoms with Crippen LogP contribution in [0.3, 0.4) is 0 Å².